The number of nitro groups is 1. The summed E-state index contributed by atoms with van der Waals surface area (Å²) in [6.07, 6.45) is -0.216. The van der Waals surface area contributed by atoms with Crippen molar-refractivity contribution < 1.29 is 19.6 Å². The van der Waals surface area contributed by atoms with Crippen LogP contribution in [-0.2, 0) is 9.59 Å². The second-order valence-corrected chi connectivity index (χ2v) is 3.48. The number of carbonyl (C=O) groups is 2. The summed E-state index contributed by atoms with van der Waals surface area (Å²) in [6.45, 7) is 0. The highest BCUT2D eigenvalue weighted by Gasteiger charge is 2.76. The maximum atomic E-state index is 11.3. The van der Waals surface area contributed by atoms with E-state index in [2.05, 4.69) is 0 Å². The van der Waals surface area contributed by atoms with Crippen molar-refractivity contribution in [2.45, 2.75) is 12.0 Å². The molecule has 0 aromatic carbocycles. The van der Waals surface area contributed by atoms with E-state index in [0.29, 0.717) is 0 Å². The van der Waals surface area contributed by atoms with Gasteiger partial charge in [-0.1, -0.05) is 0 Å². The van der Waals surface area contributed by atoms with Gasteiger partial charge in [0.15, 0.2) is 0 Å². The molecule has 0 aromatic rings. The Kier molecular flexibility index (Phi) is 2.18. The number of nitrogens with zero attached hydrogens (tertiary/aromatic N) is 2. The van der Waals surface area contributed by atoms with E-state index >= 15 is 0 Å². The molecule has 1 aliphatic carbocycles. The first-order chi connectivity index (χ1) is 6.34. The van der Waals surface area contributed by atoms with Crippen molar-refractivity contribution in [1.29, 1.82) is 0 Å². The van der Waals surface area contributed by atoms with Gasteiger partial charge in [0.05, 0.1) is 0 Å². The van der Waals surface area contributed by atoms with E-state index in [-0.39, 0.29) is 6.42 Å². The van der Waals surface area contributed by atoms with Crippen molar-refractivity contribution in [1.82, 2.24) is 4.90 Å². The number of carboxylic acid groups (broad SMARTS) is 1. The average Bonchev–Trinajstić information content (AvgIpc) is 2.77. The van der Waals surface area contributed by atoms with Gasteiger partial charge in [0.1, 0.15) is 5.92 Å². The second-order valence-electron chi connectivity index (χ2n) is 3.48. The van der Waals surface area contributed by atoms with Gasteiger partial charge in [0, 0.05) is 25.4 Å². The van der Waals surface area contributed by atoms with Crippen molar-refractivity contribution in [3.05, 3.63) is 10.1 Å². The molecule has 0 aromatic heterocycles. The number of aliphatic carboxylic acids is 1. The molecule has 1 rings (SSSR count). The molecule has 7 nitrogen and oxygen atoms in total. The number of amides is 1. The van der Waals surface area contributed by atoms with E-state index in [1.54, 1.807) is 0 Å². The summed E-state index contributed by atoms with van der Waals surface area (Å²) in [6, 6.07) is 0. The molecule has 0 heterocycles. The fourth-order valence-corrected chi connectivity index (χ4v) is 1.37. The molecular formula is C7H10N2O5. The second kappa shape index (κ2) is 2.93. The molecular weight excluding hydrogens is 192 g/mol. The fourth-order valence-electron chi connectivity index (χ4n) is 1.37. The lowest BCUT2D eigenvalue weighted by atomic mass is 10.2. The molecule has 78 valence electrons. The van der Waals surface area contributed by atoms with Gasteiger partial charge >= 0.3 is 11.5 Å². The Morgan fingerprint density at radius 1 is 1.57 bits per heavy atom. The maximum absolute atomic E-state index is 11.3. The van der Waals surface area contributed by atoms with E-state index in [1.807, 2.05) is 0 Å². The van der Waals surface area contributed by atoms with Crippen LogP contribution in [0.5, 0.6) is 0 Å². The Bertz CT molecular complexity index is 297. The molecule has 0 radical (unpaired) electrons. The molecule has 2 unspecified atom stereocenters. The van der Waals surface area contributed by atoms with Gasteiger partial charge in [-0.05, 0) is 0 Å². The minimum atomic E-state index is -2.08. The largest absolute Gasteiger partial charge is 0.476 e. The van der Waals surface area contributed by atoms with E-state index in [9.17, 15) is 19.7 Å². The molecule has 1 N–H and O–H groups in total. The number of hydrogen-bond donors (Lipinski definition) is 1. The van der Waals surface area contributed by atoms with Crippen molar-refractivity contribution in [3.8, 4) is 0 Å². The molecule has 1 amide bonds. The maximum Gasteiger partial charge on any atom is 0.383 e. The normalized spacial score (nSPS) is 29.4. The molecule has 7 heteroatoms. The molecule has 1 aliphatic rings. The van der Waals surface area contributed by atoms with E-state index in [4.69, 9.17) is 5.11 Å². The minimum Gasteiger partial charge on any atom is -0.476 e. The van der Waals surface area contributed by atoms with E-state index in [1.165, 1.54) is 19.0 Å². The zero-order chi connectivity index (χ0) is 11.1. The summed E-state index contributed by atoms with van der Waals surface area (Å²) in [5.41, 5.74) is -2.08. The van der Waals surface area contributed by atoms with Crippen LogP contribution >= 0.6 is 0 Å². The van der Waals surface area contributed by atoms with Crippen molar-refractivity contribution in [2.24, 2.45) is 5.92 Å². The van der Waals surface area contributed by atoms with Crippen LogP contribution in [0, 0.1) is 16.0 Å². The van der Waals surface area contributed by atoms with E-state index in [0.717, 1.165) is 0 Å². The highest BCUT2D eigenvalue weighted by Crippen LogP contribution is 2.47. The molecule has 2 atom stereocenters. The molecule has 1 saturated carbocycles. The number of carbonyl (C=O) groups excluding carboxylic acids is 1. The van der Waals surface area contributed by atoms with Crippen LogP contribution in [0.3, 0.4) is 0 Å². The van der Waals surface area contributed by atoms with Gasteiger partial charge in [-0.15, -0.1) is 0 Å². The summed E-state index contributed by atoms with van der Waals surface area (Å²) in [7, 11) is 2.88. The fraction of sp³-hybridized carbons (Fsp3) is 0.714. The monoisotopic (exact) mass is 202 g/mol. The Balaban J connectivity index is 2.87. The number of carboxylic acids is 1. The van der Waals surface area contributed by atoms with Gasteiger partial charge in [-0.3, -0.25) is 14.9 Å². The summed E-state index contributed by atoms with van der Waals surface area (Å²) in [5.74, 6) is -3.07. The van der Waals surface area contributed by atoms with Gasteiger partial charge in [-0.2, -0.15) is 0 Å². The SMILES string of the molecule is CN(C)C(=O)C1CC1(C(=O)O)[N+](=O)[O-]. The first kappa shape index (κ1) is 10.4. The van der Waals surface area contributed by atoms with Crippen molar-refractivity contribution >= 4 is 11.9 Å². The van der Waals surface area contributed by atoms with Crippen LogP contribution in [0.15, 0.2) is 0 Å². The van der Waals surface area contributed by atoms with Crippen LogP contribution in [0.4, 0.5) is 0 Å². The number of hydrogen-bond acceptors (Lipinski definition) is 4. The van der Waals surface area contributed by atoms with Crippen LogP contribution in [0.25, 0.3) is 0 Å². The smallest absolute Gasteiger partial charge is 0.383 e. The first-order valence-corrected chi connectivity index (χ1v) is 3.93. The highest BCUT2D eigenvalue weighted by atomic mass is 16.6. The topological polar surface area (TPSA) is 101 Å². The summed E-state index contributed by atoms with van der Waals surface area (Å²) in [4.78, 5) is 32.7. The van der Waals surface area contributed by atoms with Crippen molar-refractivity contribution in [3.63, 3.8) is 0 Å². The lowest BCUT2D eigenvalue weighted by Crippen LogP contribution is -2.38. The summed E-state index contributed by atoms with van der Waals surface area (Å²) in [5, 5.41) is 19.2. The minimum absolute atomic E-state index is 0.216. The summed E-state index contributed by atoms with van der Waals surface area (Å²) >= 11 is 0. The predicted octanol–water partition coefficient (Wildman–Crippen LogP) is -0.805. The van der Waals surface area contributed by atoms with Gasteiger partial charge in [0.2, 0.25) is 5.91 Å². The molecule has 14 heavy (non-hydrogen) atoms. The zero-order valence-electron chi connectivity index (χ0n) is 7.76. The summed E-state index contributed by atoms with van der Waals surface area (Å²) < 4.78 is 0. The lowest BCUT2D eigenvalue weighted by Gasteiger charge is -2.09. The van der Waals surface area contributed by atoms with Crippen LogP contribution in [0.2, 0.25) is 0 Å². The third kappa shape index (κ3) is 1.21. The van der Waals surface area contributed by atoms with Crippen LogP contribution < -0.4 is 0 Å². The quantitative estimate of drug-likeness (QED) is 0.476. The van der Waals surface area contributed by atoms with Gasteiger partial charge < -0.3 is 10.0 Å². The molecule has 0 aliphatic heterocycles. The van der Waals surface area contributed by atoms with Gasteiger partial charge in [-0.25, -0.2) is 4.79 Å². The van der Waals surface area contributed by atoms with Crippen molar-refractivity contribution in [2.75, 3.05) is 14.1 Å². The Morgan fingerprint density at radius 3 is 2.29 bits per heavy atom. The van der Waals surface area contributed by atoms with E-state index < -0.39 is 28.3 Å². The Labute approximate surface area is 79.5 Å². The highest BCUT2D eigenvalue weighted by molar-refractivity contribution is 5.94. The standard InChI is InChI=1S/C7H10N2O5/c1-8(2)5(10)4-3-7(4,6(11)12)9(13)14/h4H,3H2,1-2H3,(H,11,12). The molecule has 0 bridgehead atoms. The third-order valence-corrected chi connectivity index (χ3v) is 2.37. The first-order valence-electron chi connectivity index (χ1n) is 3.93. The Hall–Kier alpha value is -1.66. The Morgan fingerprint density at radius 2 is 2.07 bits per heavy atom. The van der Waals surface area contributed by atoms with Crippen LogP contribution in [-0.4, -0.2) is 46.4 Å². The van der Waals surface area contributed by atoms with Gasteiger partial charge in [0.25, 0.3) is 0 Å². The molecule has 1 fully saturated rings. The average molecular weight is 202 g/mol. The molecule has 0 saturated heterocycles. The van der Waals surface area contributed by atoms with Crippen LogP contribution in [0.1, 0.15) is 6.42 Å². The zero-order valence-corrected chi connectivity index (χ0v) is 7.76. The predicted molar refractivity (Wildman–Crippen MR) is 44.2 cm³/mol. The lowest BCUT2D eigenvalue weighted by molar-refractivity contribution is -0.527. The number of rotatable bonds is 3. The third-order valence-electron chi connectivity index (χ3n) is 2.37. The molecule has 0 spiro atoms.